The van der Waals surface area contributed by atoms with Crippen molar-refractivity contribution in [2.75, 3.05) is 19.5 Å². The third-order valence-electron chi connectivity index (χ3n) is 3.78. The number of carbonyl (C=O) groups excluding carboxylic acids is 1. The number of rotatable bonds is 9. The number of para-hydroxylation sites is 1. The minimum absolute atomic E-state index is 0.359. The Morgan fingerprint density at radius 2 is 2.00 bits per heavy atom. The molecule has 0 aromatic heterocycles. The number of nitrogens with zero attached hydrogens (tertiary/aromatic N) is 1. The van der Waals surface area contributed by atoms with Crippen molar-refractivity contribution >= 4 is 17.8 Å². The van der Waals surface area contributed by atoms with Gasteiger partial charge in [0.15, 0.2) is 11.5 Å². The van der Waals surface area contributed by atoms with Crippen LogP contribution in [-0.4, -0.2) is 25.8 Å². The molecule has 2 rings (SSSR count). The predicted molar refractivity (Wildman–Crippen MR) is 104 cm³/mol. The van der Waals surface area contributed by atoms with Crippen LogP contribution in [0.1, 0.15) is 42.1 Å². The van der Waals surface area contributed by atoms with E-state index in [1.165, 1.54) is 0 Å². The van der Waals surface area contributed by atoms with E-state index in [9.17, 15) is 4.79 Å². The van der Waals surface area contributed by atoms with Gasteiger partial charge in [0, 0.05) is 5.69 Å². The number of hydrogen-bond acceptors (Lipinski definition) is 5. The van der Waals surface area contributed by atoms with Gasteiger partial charge < -0.3 is 15.2 Å². The highest BCUT2D eigenvalue weighted by molar-refractivity contribution is 5.99. The molecule has 1 amide bonds. The number of carbonyl (C=O) groups is 1. The summed E-state index contributed by atoms with van der Waals surface area (Å²) >= 11 is 0. The third kappa shape index (κ3) is 5.51. The average molecular weight is 355 g/mol. The molecule has 0 radical (unpaired) electrons. The summed E-state index contributed by atoms with van der Waals surface area (Å²) in [5.41, 5.74) is 9.82. The molecular weight excluding hydrogens is 330 g/mol. The zero-order valence-corrected chi connectivity index (χ0v) is 15.2. The molecular formula is C20H25N3O3. The van der Waals surface area contributed by atoms with Gasteiger partial charge in [0.05, 0.1) is 25.5 Å². The van der Waals surface area contributed by atoms with Crippen LogP contribution in [0, 0.1) is 0 Å². The van der Waals surface area contributed by atoms with Gasteiger partial charge in [-0.1, -0.05) is 31.9 Å². The largest absolute Gasteiger partial charge is 0.493 e. The number of nitrogen functional groups attached to an aromatic ring is 1. The lowest BCUT2D eigenvalue weighted by atomic mass is 10.2. The number of ether oxygens (including phenoxy) is 2. The minimum Gasteiger partial charge on any atom is -0.493 e. The van der Waals surface area contributed by atoms with Gasteiger partial charge >= 0.3 is 0 Å². The topological polar surface area (TPSA) is 85.9 Å². The van der Waals surface area contributed by atoms with Crippen LogP contribution in [0.2, 0.25) is 0 Å². The lowest BCUT2D eigenvalue weighted by Gasteiger charge is -2.11. The Morgan fingerprint density at radius 3 is 2.73 bits per heavy atom. The second-order valence-electron chi connectivity index (χ2n) is 5.75. The first-order valence-corrected chi connectivity index (χ1v) is 8.64. The van der Waals surface area contributed by atoms with Crippen LogP contribution < -0.4 is 20.6 Å². The molecule has 3 N–H and O–H groups in total. The average Bonchev–Trinajstić information content (AvgIpc) is 2.66. The van der Waals surface area contributed by atoms with E-state index in [2.05, 4.69) is 17.5 Å². The molecule has 138 valence electrons. The second-order valence-corrected chi connectivity index (χ2v) is 5.75. The predicted octanol–water partition coefficient (Wildman–Crippen LogP) is 3.61. The molecule has 0 aliphatic carbocycles. The van der Waals surface area contributed by atoms with Crippen LogP contribution in [0.4, 0.5) is 5.69 Å². The summed E-state index contributed by atoms with van der Waals surface area (Å²) in [5, 5.41) is 3.97. The van der Waals surface area contributed by atoms with E-state index in [4.69, 9.17) is 15.2 Å². The van der Waals surface area contributed by atoms with Crippen LogP contribution in [-0.2, 0) is 0 Å². The van der Waals surface area contributed by atoms with Crippen molar-refractivity contribution in [3.05, 3.63) is 53.6 Å². The first-order valence-electron chi connectivity index (χ1n) is 8.64. The van der Waals surface area contributed by atoms with E-state index >= 15 is 0 Å². The van der Waals surface area contributed by atoms with Crippen molar-refractivity contribution < 1.29 is 14.3 Å². The van der Waals surface area contributed by atoms with E-state index < -0.39 is 0 Å². The van der Waals surface area contributed by atoms with E-state index in [-0.39, 0.29) is 5.91 Å². The van der Waals surface area contributed by atoms with Crippen molar-refractivity contribution in [2.24, 2.45) is 5.10 Å². The number of methoxy groups -OCH3 is 1. The Hall–Kier alpha value is -3.02. The van der Waals surface area contributed by atoms with Gasteiger partial charge in [0.1, 0.15) is 0 Å². The quantitative estimate of drug-likeness (QED) is 0.311. The van der Waals surface area contributed by atoms with Crippen molar-refractivity contribution in [2.45, 2.75) is 26.2 Å². The summed E-state index contributed by atoms with van der Waals surface area (Å²) in [6, 6.07) is 12.3. The van der Waals surface area contributed by atoms with Crippen LogP contribution >= 0.6 is 0 Å². The fourth-order valence-electron chi connectivity index (χ4n) is 2.35. The lowest BCUT2D eigenvalue weighted by molar-refractivity contribution is 0.0956. The van der Waals surface area contributed by atoms with E-state index in [0.29, 0.717) is 29.4 Å². The van der Waals surface area contributed by atoms with Crippen LogP contribution in [0.15, 0.2) is 47.6 Å². The molecule has 26 heavy (non-hydrogen) atoms. The van der Waals surface area contributed by atoms with Gasteiger partial charge in [-0.15, -0.1) is 0 Å². The number of amides is 1. The Balaban J connectivity index is 1.97. The van der Waals surface area contributed by atoms with Crippen molar-refractivity contribution in [1.29, 1.82) is 0 Å². The number of hydrazone groups is 1. The molecule has 0 spiro atoms. The molecule has 0 aliphatic rings. The van der Waals surface area contributed by atoms with Crippen molar-refractivity contribution in [3.8, 4) is 11.5 Å². The number of nitrogens with one attached hydrogen (secondary N) is 1. The molecule has 6 heteroatoms. The van der Waals surface area contributed by atoms with Gasteiger partial charge in [-0.2, -0.15) is 5.10 Å². The number of hydrogen-bond donors (Lipinski definition) is 2. The molecule has 6 nitrogen and oxygen atoms in total. The van der Waals surface area contributed by atoms with Crippen molar-refractivity contribution in [3.63, 3.8) is 0 Å². The number of anilines is 1. The molecule has 0 unspecified atom stereocenters. The van der Waals surface area contributed by atoms with Gasteiger partial charge in [-0.3, -0.25) is 4.79 Å². The molecule has 0 heterocycles. The van der Waals surface area contributed by atoms with E-state index in [1.807, 2.05) is 18.2 Å². The Morgan fingerprint density at radius 1 is 1.19 bits per heavy atom. The maximum Gasteiger partial charge on any atom is 0.273 e. The third-order valence-corrected chi connectivity index (χ3v) is 3.78. The maximum absolute atomic E-state index is 12.1. The zero-order chi connectivity index (χ0) is 18.8. The van der Waals surface area contributed by atoms with Crippen LogP contribution in [0.25, 0.3) is 0 Å². The smallest absolute Gasteiger partial charge is 0.273 e. The fraction of sp³-hybridized carbons (Fsp3) is 0.300. The number of benzene rings is 2. The SMILES string of the molecule is CCCCCOc1ccc(/C=N/NC(=O)c2ccccc2N)cc1OC. The van der Waals surface area contributed by atoms with E-state index in [0.717, 1.165) is 24.8 Å². The van der Waals surface area contributed by atoms with Crippen LogP contribution in [0.5, 0.6) is 11.5 Å². The first kappa shape index (κ1) is 19.3. The molecule has 0 saturated carbocycles. The van der Waals surface area contributed by atoms with Gasteiger partial charge in [0.2, 0.25) is 0 Å². The minimum atomic E-state index is -0.359. The van der Waals surface area contributed by atoms with Gasteiger partial charge in [0.25, 0.3) is 5.91 Å². The molecule has 0 fully saturated rings. The highest BCUT2D eigenvalue weighted by Crippen LogP contribution is 2.27. The maximum atomic E-state index is 12.1. The molecule has 2 aromatic rings. The Bertz CT molecular complexity index is 760. The number of unbranched alkanes of at least 4 members (excludes halogenated alkanes) is 2. The summed E-state index contributed by atoms with van der Waals surface area (Å²) < 4.78 is 11.1. The molecule has 0 aliphatic heterocycles. The summed E-state index contributed by atoms with van der Waals surface area (Å²) in [4.78, 5) is 12.1. The molecule has 0 saturated heterocycles. The monoisotopic (exact) mass is 355 g/mol. The van der Waals surface area contributed by atoms with Crippen LogP contribution in [0.3, 0.4) is 0 Å². The molecule has 0 atom stereocenters. The summed E-state index contributed by atoms with van der Waals surface area (Å²) in [6.07, 6.45) is 4.84. The summed E-state index contributed by atoms with van der Waals surface area (Å²) in [6.45, 7) is 2.81. The molecule has 2 aromatic carbocycles. The van der Waals surface area contributed by atoms with Crippen molar-refractivity contribution in [1.82, 2.24) is 5.43 Å². The summed E-state index contributed by atoms with van der Waals surface area (Å²) in [7, 11) is 1.59. The highest BCUT2D eigenvalue weighted by atomic mass is 16.5. The molecule has 0 bridgehead atoms. The Labute approximate surface area is 154 Å². The fourth-order valence-corrected chi connectivity index (χ4v) is 2.35. The first-order chi connectivity index (χ1) is 12.7. The summed E-state index contributed by atoms with van der Waals surface area (Å²) in [5.74, 6) is 0.966. The van der Waals surface area contributed by atoms with E-state index in [1.54, 1.807) is 37.6 Å². The van der Waals surface area contributed by atoms with Gasteiger partial charge in [-0.05, 0) is 42.3 Å². The number of nitrogens with two attached hydrogens (primary N) is 1. The second kappa shape index (κ2) is 10.1. The highest BCUT2D eigenvalue weighted by Gasteiger charge is 2.08. The normalized spacial score (nSPS) is 10.7. The zero-order valence-electron chi connectivity index (χ0n) is 15.2. The lowest BCUT2D eigenvalue weighted by Crippen LogP contribution is -2.19. The standard InChI is InChI=1S/C20H25N3O3/c1-3-4-7-12-26-18-11-10-15(13-19(18)25-2)14-22-23-20(24)16-8-5-6-9-17(16)21/h5-6,8-11,13-14H,3-4,7,12,21H2,1-2H3,(H,23,24)/b22-14+. The Kier molecular flexibility index (Phi) is 7.49. The van der Waals surface area contributed by atoms with Gasteiger partial charge in [-0.25, -0.2) is 5.43 Å².